The predicted octanol–water partition coefficient (Wildman–Crippen LogP) is 3.53. The highest BCUT2D eigenvalue weighted by Crippen LogP contribution is 2.28. The molecule has 0 bridgehead atoms. The molecule has 3 heterocycles. The van der Waals surface area contributed by atoms with Crippen molar-refractivity contribution in [3.63, 3.8) is 0 Å². The fourth-order valence-corrected chi connectivity index (χ4v) is 3.07. The summed E-state index contributed by atoms with van der Waals surface area (Å²) in [6.07, 6.45) is 6.02. The van der Waals surface area contributed by atoms with Crippen molar-refractivity contribution in [2.45, 2.75) is 19.8 Å². The van der Waals surface area contributed by atoms with Crippen LogP contribution < -0.4 is 21.8 Å². The van der Waals surface area contributed by atoms with E-state index in [-0.39, 0.29) is 0 Å². The van der Waals surface area contributed by atoms with E-state index in [1.54, 1.807) is 24.5 Å². The highest BCUT2D eigenvalue weighted by Gasteiger charge is 2.20. The quantitative estimate of drug-likeness (QED) is 0.430. The summed E-state index contributed by atoms with van der Waals surface area (Å²) in [7, 11) is 0. The summed E-state index contributed by atoms with van der Waals surface area (Å²) in [6, 6.07) is 11.0. The van der Waals surface area contributed by atoms with Gasteiger partial charge in [0.25, 0.3) is 0 Å². The molecule has 9 nitrogen and oxygen atoms in total. The van der Waals surface area contributed by atoms with Gasteiger partial charge in [-0.05, 0) is 49.9 Å². The van der Waals surface area contributed by atoms with Crippen LogP contribution in [-0.2, 0) is 0 Å². The summed E-state index contributed by atoms with van der Waals surface area (Å²) in [5.41, 5.74) is 5.72. The minimum Gasteiger partial charge on any atom is -0.406 e. The van der Waals surface area contributed by atoms with Crippen LogP contribution in [0.5, 0.6) is 0 Å². The molecule has 9 heteroatoms. The second-order valence-electron chi connectivity index (χ2n) is 7.39. The van der Waals surface area contributed by atoms with Gasteiger partial charge in [0.2, 0.25) is 5.95 Å². The third-order valence-corrected chi connectivity index (χ3v) is 4.96. The van der Waals surface area contributed by atoms with Crippen LogP contribution in [0, 0.1) is 12.8 Å². The van der Waals surface area contributed by atoms with Crippen LogP contribution in [0.15, 0.2) is 58.0 Å². The predicted molar refractivity (Wildman–Crippen MR) is 115 cm³/mol. The molecule has 30 heavy (non-hydrogen) atoms. The first-order chi connectivity index (χ1) is 14.7. The Bertz CT molecular complexity index is 1240. The molecular weight excluding hydrogens is 382 g/mol. The molecule has 0 radical (unpaired) electrons. The van der Waals surface area contributed by atoms with Gasteiger partial charge in [-0.3, -0.25) is 5.43 Å². The Morgan fingerprint density at radius 3 is 2.80 bits per heavy atom. The highest BCUT2D eigenvalue weighted by atomic mass is 16.4. The van der Waals surface area contributed by atoms with Crippen molar-refractivity contribution in [3.05, 3.63) is 64.9 Å². The average Bonchev–Trinajstić information content (AvgIpc) is 3.53. The second-order valence-corrected chi connectivity index (χ2v) is 7.39. The lowest BCUT2D eigenvalue weighted by Gasteiger charge is -2.11. The molecule has 0 amide bonds. The molecule has 0 aliphatic heterocycles. The zero-order valence-corrected chi connectivity index (χ0v) is 16.4. The number of fused-ring (bicyclic) bond motifs is 1. The maximum Gasteiger partial charge on any atom is 0.439 e. The standard InChI is InChI=1S/C21H21N7O2/c1-13-10-24-20(25-15-8-9-18(23-12-15)22-11-14-6-7-14)26-19(13)27-28-16-4-2-3-5-17(16)30-21(28)29/h2-5,8-10,12,14H,6-7,11H2,1H3,(H,22,23)(H2,24,25,26,27). The number of nitrogens with zero attached hydrogens (tertiary/aromatic N) is 4. The van der Waals surface area contributed by atoms with Gasteiger partial charge >= 0.3 is 5.76 Å². The topological polar surface area (TPSA) is 110 Å². The number of oxazole rings is 1. The van der Waals surface area contributed by atoms with Gasteiger partial charge in [0, 0.05) is 18.3 Å². The van der Waals surface area contributed by atoms with Gasteiger partial charge in [0.1, 0.15) is 11.3 Å². The Labute approximate surface area is 172 Å². The molecule has 1 fully saturated rings. The first-order valence-corrected chi connectivity index (χ1v) is 9.84. The molecular formula is C21H21N7O2. The minimum atomic E-state index is -0.512. The number of pyridine rings is 1. The van der Waals surface area contributed by atoms with E-state index in [1.165, 1.54) is 17.5 Å². The zero-order valence-electron chi connectivity index (χ0n) is 16.4. The summed E-state index contributed by atoms with van der Waals surface area (Å²) < 4.78 is 6.59. The number of hydrogen-bond donors (Lipinski definition) is 3. The fourth-order valence-electron chi connectivity index (χ4n) is 3.07. The first kappa shape index (κ1) is 18.2. The second kappa shape index (κ2) is 7.51. The van der Waals surface area contributed by atoms with E-state index in [1.807, 2.05) is 31.2 Å². The molecule has 0 unspecified atom stereocenters. The lowest BCUT2D eigenvalue weighted by molar-refractivity contribution is 0.532. The van der Waals surface area contributed by atoms with Crippen molar-refractivity contribution >= 4 is 34.4 Å². The summed E-state index contributed by atoms with van der Waals surface area (Å²) >= 11 is 0. The van der Waals surface area contributed by atoms with Crippen molar-refractivity contribution in [2.24, 2.45) is 5.92 Å². The van der Waals surface area contributed by atoms with Crippen LogP contribution in [0.1, 0.15) is 18.4 Å². The normalized spacial score (nSPS) is 13.4. The summed E-state index contributed by atoms with van der Waals surface area (Å²) in [6.45, 7) is 2.83. The Balaban J connectivity index is 1.34. The fraction of sp³-hybridized carbons (Fsp3) is 0.238. The Morgan fingerprint density at radius 1 is 1.13 bits per heavy atom. The highest BCUT2D eigenvalue weighted by molar-refractivity contribution is 5.73. The molecule has 1 aliphatic carbocycles. The molecule has 1 saturated carbocycles. The number of para-hydroxylation sites is 2. The maximum absolute atomic E-state index is 12.2. The Morgan fingerprint density at radius 2 is 2.00 bits per heavy atom. The number of rotatable bonds is 7. The first-order valence-electron chi connectivity index (χ1n) is 9.84. The lowest BCUT2D eigenvalue weighted by Crippen LogP contribution is -2.23. The lowest BCUT2D eigenvalue weighted by atomic mass is 10.3. The number of hydrogen-bond acceptors (Lipinski definition) is 8. The van der Waals surface area contributed by atoms with E-state index in [4.69, 9.17) is 4.42 Å². The van der Waals surface area contributed by atoms with Crippen LogP contribution in [0.3, 0.4) is 0 Å². The van der Waals surface area contributed by atoms with Gasteiger partial charge in [-0.25, -0.2) is 14.8 Å². The van der Waals surface area contributed by atoms with Gasteiger partial charge in [0.15, 0.2) is 11.4 Å². The Hall–Kier alpha value is -3.88. The molecule has 0 spiro atoms. The molecule has 4 aromatic rings. The molecule has 0 saturated heterocycles. The molecule has 3 aromatic heterocycles. The maximum atomic E-state index is 12.2. The van der Waals surface area contributed by atoms with Gasteiger partial charge < -0.3 is 15.1 Å². The van der Waals surface area contributed by atoms with E-state index >= 15 is 0 Å². The monoisotopic (exact) mass is 403 g/mol. The third kappa shape index (κ3) is 3.82. The zero-order chi connectivity index (χ0) is 20.5. The number of aromatic nitrogens is 4. The molecule has 5 rings (SSSR count). The summed E-state index contributed by atoms with van der Waals surface area (Å²) in [4.78, 5) is 25.5. The molecule has 1 aliphatic rings. The van der Waals surface area contributed by atoms with E-state index in [2.05, 4.69) is 31.0 Å². The summed E-state index contributed by atoms with van der Waals surface area (Å²) in [5.74, 6) is 2.02. The minimum absolute atomic E-state index is 0.393. The van der Waals surface area contributed by atoms with Gasteiger partial charge in [-0.15, -0.1) is 0 Å². The smallest absolute Gasteiger partial charge is 0.406 e. The molecule has 1 aromatic carbocycles. The Kier molecular flexibility index (Phi) is 4.55. The number of anilines is 4. The van der Waals surface area contributed by atoms with E-state index in [0.29, 0.717) is 22.9 Å². The molecule has 0 atom stereocenters. The van der Waals surface area contributed by atoms with E-state index < -0.39 is 5.76 Å². The van der Waals surface area contributed by atoms with E-state index in [9.17, 15) is 4.79 Å². The van der Waals surface area contributed by atoms with Crippen LogP contribution in [0.4, 0.5) is 23.3 Å². The van der Waals surface area contributed by atoms with Crippen LogP contribution in [-0.4, -0.2) is 26.2 Å². The van der Waals surface area contributed by atoms with Crippen molar-refractivity contribution in [3.8, 4) is 0 Å². The largest absolute Gasteiger partial charge is 0.439 e. The summed E-state index contributed by atoms with van der Waals surface area (Å²) in [5, 5.41) is 6.48. The number of benzene rings is 1. The SMILES string of the molecule is Cc1cnc(Nc2ccc(NCC3CC3)nc2)nc1Nn1c(=O)oc2ccccc21. The number of aryl methyl sites for hydroxylation is 1. The van der Waals surface area contributed by atoms with Crippen LogP contribution in [0.25, 0.3) is 11.1 Å². The van der Waals surface area contributed by atoms with Crippen molar-refractivity contribution < 1.29 is 4.42 Å². The van der Waals surface area contributed by atoms with Gasteiger partial charge in [-0.2, -0.15) is 9.66 Å². The van der Waals surface area contributed by atoms with Gasteiger partial charge in [0.05, 0.1) is 11.9 Å². The average molecular weight is 403 g/mol. The van der Waals surface area contributed by atoms with E-state index in [0.717, 1.165) is 29.5 Å². The van der Waals surface area contributed by atoms with Crippen molar-refractivity contribution in [1.82, 2.24) is 19.6 Å². The van der Waals surface area contributed by atoms with Crippen molar-refractivity contribution in [1.29, 1.82) is 0 Å². The van der Waals surface area contributed by atoms with Crippen molar-refractivity contribution in [2.75, 3.05) is 22.6 Å². The number of nitrogens with one attached hydrogen (secondary N) is 3. The third-order valence-electron chi connectivity index (χ3n) is 4.96. The van der Waals surface area contributed by atoms with Crippen LogP contribution in [0.2, 0.25) is 0 Å². The van der Waals surface area contributed by atoms with Gasteiger partial charge in [-0.1, -0.05) is 12.1 Å². The van der Waals surface area contributed by atoms with Crippen LogP contribution >= 0.6 is 0 Å². The molecule has 152 valence electrons. The molecule has 3 N–H and O–H groups in total.